The van der Waals surface area contributed by atoms with Crippen molar-refractivity contribution in [2.24, 2.45) is 7.05 Å². The quantitative estimate of drug-likeness (QED) is 0.773. The predicted molar refractivity (Wildman–Crippen MR) is 89.7 cm³/mol. The predicted octanol–water partition coefficient (Wildman–Crippen LogP) is 3.33. The molecule has 0 radical (unpaired) electrons. The summed E-state index contributed by atoms with van der Waals surface area (Å²) in [5.74, 6) is -0.253. The van der Waals surface area contributed by atoms with Crippen molar-refractivity contribution < 1.29 is 4.79 Å². The molecule has 2 aromatic heterocycles. The third-order valence-corrected chi connectivity index (χ3v) is 3.96. The molecule has 3 rings (SSSR count). The minimum Gasteiger partial charge on any atom is -0.318 e. The van der Waals surface area contributed by atoms with Gasteiger partial charge in [-0.25, -0.2) is 0 Å². The maximum atomic E-state index is 12.4. The van der Waals surface area contributed by atoms with E-state index in [9.17, 15) is 4.79 Å². The lowest BCUT2D eigenvalue weighted by Gasteiger charge is -2.03. The number of hydrogen-bond donors (Lipinski definition) is 2. The van der Waals surface area contributed by atoms with Crippen LogP contribution < -0.4 is 5.32 Å². The van der Waals surface area contributed by atoms with Crippen LogP contribution in [0.15, 0.2) is 30.3 Å². The summed E-state index contributed by atoms with van der Waals surface area (Å²) in [6.07, 6.45) is 0. The molecule has 0 unspecified atom stereocenters. The van der Waals surface area contributed by atoms with Gasteiger partial charge < -0.3 is 5.32 Å². The minimum absolute atomic E-state index is 0.253. The molecule has 2 heterocycles. The van der Waals surface area contributed by atoms with Crippen LogP contribution in [0.5, 0.6) is 0 Å². The Labute approximate surface area is 138 Å². The van der Waals surface area contributed by atoms with Gasteiger partial charge >= 0.3 is 0 Å². The molecule has 7 heteroatoms. The number of carbonyl (C=O) groups is 1. The number of halogens is 1. The van der Waals surface area contributed by atoms with Crippen molar-refractivity contribution in [2.45, 2.75) is 13.8 Å². The molecular weight excluding hydrogens is 314 g/mol. The van der Waals surface area contributed by atoms with Crippen molar-refractivity contribution in [1.29, 1.82) is 0 Å². The largest absolute Gasteiger partial charge is 0.318 e. The first-order chi connectivity index (χ1) is 11.0. The highest BCUT2D eigenvalue weighted by Crippen LogP contribution is 2.22. The fourth-order valence-corrected chi connectivity index (χ4v) is 2.47. The van der Waals surface area contributed by atoms with Crippen LogP contribution in [0.1, 0.15) is 21.9 Å². The van der Waals surface area contributed by atoms with E-state index in [2.05, 4.69) is 20.6 Å². The second-order valence-corrected chi connectivity index (χ2v) is 5.73. The standard InChI is InChI=1S/C16H16ClN5O/c1-9-15(10(2)22(3)21-9)18-16(23)14-8-13(19-20-14)11-4-6-12(17)7-5-11/h4-8H,1-3H3,(H,18,23)(H,19,20). The molecule has 0 saturated carbocycles. The first-order valence-electron chi connectivity index (χ1n) is 7.08. The van der Waals surface area contributed by atoms with E-state index in [-0.39, 0.29) is 5.91 Å². The molecule has 0 aliphatic heterocycles. The highest BCUT2D eigenvalue weighted by Gasteiger charge is 2.16. The molecule has 0 saturated heterocycles. The number of hydrogen-bond acceptors (Lipinski definition) is 3. The molecule has 2 N–H and O–H groups in total. The Morgan fingerprint density at radius 3 is 2.57 bits per heavy atom. The fraction of sp³-hybridized carbons (Fsp3) is 0.188. The van der Waals surface area contributed by atoms with Crippen molar-refractivity contribution in [2.75, 3.05) is 5.32 Å². The van der Waals surface area contributed by atoms with Gasteiger partial charge in [-0.15, -0.1) is 0 Å². The summed E-state index contributed by atoms with van der Waals surface area (Å²) >= 11 is 5.88. The van der Waals surface area contributed by atoms with E-state index >= 15 is 0 Å². The third kappa shape index (κ3) is 2.98. The van der Waals surface area contributed by atoms with Gasteiger partial charge in [0.15, 0.2) is 0 Å². The first kappa shape index (κ1) is 15.3. The minimum atomic E-state index is -0.253. The van der Waals surface area contributed by atoms with Crippen molar-refractivity contribution in [3.63, 3.8) is 0 Å². The molecular formula is C16H16ClN5O. The van der Waals surface area contributed by atoms with Crippen molar-refractivity contribution in [3.8, 4) is 11.3 Å². The summed E-state index contributed by atoms with van der Waals surface area (Å²) in [4.78, 5) is 12.4. The van der Waals surface area contributed by atoms with Gasteiger partial charge in [-0.3, -0.25) is 14.6 Å². The Morgan fingerprint density at radius 2 is 1.96 bits per heavy atom. The van der Waals surface area contributed by atoms with E-state index in [1.54, 1.807) is 22.9 Å². The van der Waals surface area contributed by atoms with E-state index in [1.807, 2.05) is 33.0 Å². The lowest BCUT2D eigenvalue weighted by Crippen LogP contribution is -2.13. The molecule has 0 spiro atoms. The zero-order chi connectivity index (χ0) is 16.6. The van der Waals surface area contributed by atoms with Gasteiger partial charge in [0.1, 0.15) is 5.69 Å². The smallest absolute Gasteiger partial charge is 0.273 e. The lowest BCUT2D eigenvalue weighted by molar-refractivity contribution is 0.102. The summed E-state index contributed by atoms with van der Waals surface area (Å²) in [6.45, 7) is 3.76. The highest BCUT2D eigenvalue weighted by molar-refractivity contribution is 6.30. The number of nitrogens with one attached hydrogen (secondary N) is 2. The van der Waals surface area contributed by atoms with E-state index in [0.29, 0.717) is 16.4 Å². The number of aryl methyl sites for hydroxylation is 2. The number of H-pyrrole nitrogens is 1. The third-order valence-electron chi connectivity index (χ3n) is 3.71. The van der Waals surface area contributed by atoms with Gasteiger partial charge in [-0.2, -0.15) is 10.2 Å². The van der Waals surface area contributed by atoms with Gasteiger partial charge in [0.25, 0.3) is 5.91 Å². The molecule has 3 aromatic rings. The number of aromatic amines is 1. The van der Waals surface area contributed by atoms with Crippen molar-refractivity contribution >= 4 is 23.2 Å². The molecule has 0 bridgehead atoms. The average Bonchev–Trinajstić information content (AvgIpc) is 3.09. The van der Waals surface area contributed by atoms with Gasteiger partial charge in [-0.05, 0) is 32.0 Å². The average molecular weight is 330 g/mol. The molecule has 118 valence electrons. The zero-order valence-corrected chi connectivity index (χ0v) is 13.8. The first-order valence-corrected chi connectivity index (χ1v) is 7.46. The normalized spacial score (nSPS) is 10.8. The second kappa shape index (κ2) is 5.89. The molecule has 0 aliphatic carbocycles. The fourth-order valence-electron chi connectivity index (χ4n) is 2.34. The summed E-state index contributed by atoms with van der Waals surface area (Å²) in [7, 11) is 1.84. The molecule has 0 fully saturated rings. The number of nitrogens with zero attached hydrogens (tertiary/aromatic N) is 3. The topological polar surface area (TPSA) is 75.6 Å². The van der Waals surface area contributed by atoms with E-state index in [4.69, 9.17) is 11.6 Å². The van der Waals surface area contributed by atoms with Crippen LogP contribution >= 0.6 is 11.6 Å². The SMILES string of the molecule is Cc1nn(C)c(C)c1NC(=O)c1cc(-c2ccc(Cl)cc2)n[nH]1. The number of aromatic nitrogens is 4. The molecule has 6 nitrogen and oxygen atoms in total. The lowest BCUT2D eigenvalue weighted by atomic mass is 10.1. The van der Waals surface area contributed by atoms with Gasteiger partial charge in [-0.1, -0.05) is 23.7 Å². The van der Waals surface area contributed by atoms with Crippen LogP contribution in [0.3, 0.4) is 0 Å². The number of amides is 1. The summed E-state index contributed by atoms with van der Waals surface area (Å²) in [5.41, 5.74) is 4.35. The van der Waals surface area contributed by atoms with E-state index in [1.165, 1.54) is 0 Å². The zero-order valence-electron chi connectivity index (χ0n) is 13.0. The summed E-state index contributed by atoms with van der Waals surface area (Å²) < 4.78 is 1.73. The number of carbonyl (C=O) groups excluding carboxylic acids is 1. The van der Waals surface area contributed by atoms with Gasteiger partial charge in [0.2, 0.25) is 0 Å². The Kier molecular flexibility index (Phi) is 3.92. The number of anilines is 1. The Balaban J connectivity index is 1.82. The van der Waals surface area contributed by atoms with Crippen molar-refractivity contribution in [3.05, 3.63) is 52.4 Å². The van der Waals surface area contributed by atoms with E-state index < -0.39 is 0 Å². The maximum Gasteiger partial charge on any atom is 0.273 e. The number of rotatable bonds is 3. The van der Waals surface area contributed by atoms with Gasteiger partial charge in [0.05, 0.1) is 22.8 Å². The Bertz CT molecular complexity index is 863. The van der Waals surface area contributed by atoms with Crippen molar-refractivity contribution in [1.82, 2.24) is 20.0 Å². The molecule has 1 aromatic carbocycles. The van der Waals surface area contributed by atoms with Gasteiger partial charge in [0, 0.05) is 17.6 Å². The Hall–Kier alpha value is -2.60. The maximum absolute atomic E-state index is 12.4. The Morgan fingerprint density at radius 1 is 1.26 bits per heavy atom. The summed E-state index contributed by atoms with van der Waals surface area (Å²) in [6, 6.07) is 8.99. The van der Waals surface area contributed by atoms with Crippen LogP contribution in [-0.2, 0) is 7.05 Å². The van der Waals surface area contributed by atoms with Crippen LogP contribution in [0.25, 0.3) is 11.3 Å². The second-order valence-electron chi connectivity index (χ2n) is 5.30. The van der Waals surface area contributed by atoms with E-state index in [0.717, 1.165) is 22.6 Å². The summed E-state index contributed by atoms with van der Waals surface area (Å²) in [5, 5.41) is 14.8. The molecule has 23 heavy (non-hydrogen) atoms. The molecule has 0 atom stereocenters. The molecule has 1 amide bonds. The van der Waals surface area contributed by atoms with Crippen LogP contribution in [-0.4, -0.2) is 25.9 Å². The van der Waals surface area contributed by atoms with Crippen LogP contribution in [0, 0.1) is 13.8 Å². The molecule has 0 aliphatic rings. The number of benzene rings is 1. The monoisotopic (exact) mass is 329 g/mol. The van der Waals surface area contributed by atoms with Crippen LogP contribution in [0.4, 0.5) is 5.69 Å². The van der Waals surface area contributed by atoms with Crippen LogP contribution in [0.2, 0.25) is 5.02 Å². The highest BCUT2D eigenvalue weighted by atomic mass is 35.5.